The molecule has 0 saturated heterocycles. The summed E-state index contributed by atoms with van der Waals surface area (Å²) in [5.74, 6) is 0. The second-order valence-electron chi connectivity index (χ2n) is 9.43. The monoisotopic (exact) mass is 467 g/mol. The Balaban J connectivity index is 1.70. The van der Waals surface area contributed by atoms with Crippen LogP contribution in [-0.2, 0) is 6.42 Å². The fourth-order valence-corrected chi connectivity index (χ4v) is 5.35. The van der Waals surface area contributed by atoms with E-state index in [4.69, 9.17) is 0 Å². The van der Waals surface area contributed by atoms with Gasteiger partial charge in [0.05, 0.1) is 0 Å². The molecule has 0 fully saturated rings. The molecule has 0 bridgehead atoms. The van der Waals surface area contributed by atoms with E-state index in [1.165, 1.54) is 55.0 Å². The SMILES string of the molecule is C=C(c1ccccc1)N(C)c1ccc(-c2c3ccccc3cc3c(/C=C\C)c(CC)ccc23)cc1C. The third-order valence-corrected chi connectivity index (χ3v) is 7.25. The molecule has 5 rings (SSSR count). The summed E-state index contributed by atoms with van der Waals surface area (Å²) in [6.45, 7) is 10.9. The molecule has 1 nitrogen and oxygen atoms in total. The van der Waals surface area contributed by atoms with Gasteiger partial charge in [-0.1, -0.05) is 98.5 Å². The van der Waals surface area contributed by atoms with Crippen molar-refractivity contribution < 1.29 is 0 Å². The van der Waals surface area contributed by atoms with Gasteiger partial charge in [0.25, 0.3) is 0 Å². The van der Waals surface area contributed by atoms with Crippen LogP contribution in [0.4, 0.5) is 5.69 Å². The Morgan fingerprint density at radius 3 is 2.31 bits per heavy atom. The van der Waals surface area contributed by atoms with Crippen molar-refractivity contribution in [3.05, 3.63) is 126 Å². The predicted molar refractivity (Wildman–Crippen MR) is 160 cm³/mol. The van der Waals surface area contributed by atoms with Gasteiger partial charge in [0.1, 0.15) is 0 Å². The molecule has 0 spiro atoms. The van der Waals surface area contributed by atoms with Crippen molar-refractivity contribution >= 4 is 39.0 Å². The van der Waals surface area contributed by atoms with Crippen LogP contribution in [0, 0.1) is 6.92 Å². The molecule has 0 N–H and O–H groups in total. The minimum atomic E-state index is 0.991. The summed E-state index contributed by atoms with van der Waals surface area (Å²) in [7, 11) is 2.10. The minimum Gasteiger partial charge on any atom is -0.344 e. The summed E-state index contributed by atoms with van der Waals surface area (Å²) in [5, 5.41) is 5.18. The number of nitrogens with zero attached hydrogens (tertiary/aromatic N) is 1. The third kappa shape index (κ3) is 4.12. The van der Waals surface area contributed by atoms with Crippen molar-refractivity contribution in [3.63, 3.8) is 0 Å². The van der Waals surface area contributed by atoms with Gasteiger partial charge in [-0.3, -0.25) is 0 Å². The van der Waals surface area contributed by atoms with E-state index in [0.29, 0.717) is 0 Å². The van der Waals surface area contributed by atoms with Gasteiger partial charge in [-0.2, -0.15) is 0 Å². The van der Waals surface area contributed by atoms with E-state index in [9.17, 15) is 0 Å². The average Bonchev–Trinajstić information content (AvgIpc) is 2.91. The number of aryl methyl sites for hydroxylation is 2. The number of fused-ring (bicyclic) bond motifs is 2. The molecule has 0 aliphatic rings. The van der Waals surface area contributed by atoms with Gasteiger partial charge >= 0.3 is 0 Å². The lowest BCUT2D eigenvalue weighted by atomic mass is 9.87. The maximum atomic E-state index is 4.37. The predicted octanol–water partition coefficient (Wildman–Crippen LogP) is 9.67. The first kappa shape index (κ1) is 23.6. The van der Waals surface area contributed by atoms with Crippen molar-refractivity contribution in [3.8, 4) is 11.1 Å². The zero-order chi connectivity index (χ0) is 25.2. The van der Waals surface area contributed by atoms with Crippen LogP contribution in [0.25, 0.3) is 44.4 Å². The fraction of sp³-hybridized carbons (Fsp3) is 0.143. The Morgan fingerprint density at radius 1 is 0.833 bits per heavy atom. The standard InChI is InChI=1S/C35H33N/c1-6-13-30-26(7-2)18-20-32-33(30)23-28-16-11-12-17-31(28)35(32)29-19-21-34(24(3)22-29)36(5)25(4)27-14-9-8-10-15-27/h6,8-23H,4,7H2,1-3,5H3/b13-6-. The number of hydrogen-bond acceptors (Lipinski definition) is 1. The van der Waals surface area contributed by atoms with E-state index in [2.05, 4.69) is 136 Å². The Labute approximate surface area is 215 Å². The van der Waals surface area contributed by atoms with Gasteiger partial charge in [0.2, 0.25) is 0 Å². The summed E-state index contributed by atoms with van der Waals surface area (Å²) >= 11 is 0. The van der Waals surface area contributed by atoms with E-state index in [1.54, 1.807) is 0 Å². The summed E-state index contributed by atoms with van der Waals surface area (Å²) in [6.07, 6.45) is 5.43. The zero-order valence-electron chi connectivity index (χ0n) is 21.7. The first-order valence-electron chi connectivity index (χ1n) is 12.7. The lowest BCUT2D eigenvalue weighted by Gasteiger charge is -2.25. The van der Waals surface area contributed by atoms with Crippen LogP contribution in [-0.4, -0.2) is 7.05 Å². The molecule has 0 heterocycles. The lowest BCUT2D eigenvalue weighted by molar-refractivity contribution is 1.14. The third-order valence-electron chi connectivity index (χ3n) is 7.25. The van der Waals surface area contributed by atoms with Crippen molar-refractivity contribution in [2.75, 3.05) is 11.9 Å². The fourth-order valence-electron chi connectivity index (χ4n) is 5.35. The van der Waals surface area contributed by atoms with Crippen LogP contribution in [0.3, 0.4) is 0 Å². The van der Waals surface area contributed by atoms with Crippen LogP contribution in [0.5, 0.6) is 0 Å². The van der Waals surface area contributed by atoms with E-state index in [-0.39, 0.29) is 0 Å². The number of anilines is 1. The molecule has 0 amide bonds. The number of allylic oxidation sites excluding steroid dienone is 1. The Bertz CT molecular complexity index is 1610. The Kier molecular flexibility index (Phi) is 6.48. The molecular formula is C35H33N. The highest BCUT2D eigenvalue weighted by Gasteiger charge is 2.16. The molecular weight excluding hydrogens is 434 g/mol. The summed E-state index contributed by atoms with van der Waals surface area (Å²) in [5.41, 5.74) is 9.78. The first-order valence-corrected chi connectivity index (χ1v) is 12.7. The highest BCUT2D eigenvalue weighted by Crippen LogP contribution is 2.40. The van der Waals surface area contributed by atoms with Gasteiger partial charge in [-0.25, -0.2) is 0 Å². The van der Waals surface area contributed by atoms with Gasteiger partial charge < -0.3 is 4.90 Å². The highest BCUT2D eigenvalue weighted by atomic mass is 15.1. The summed E-state index contributed by atoms with van der Waals surface area (Å²) in [6, 6.07) is 32.9. The van der Waals surface area contributed by atoms with E-state index in [1.807, 2.05) is 6.07 Å². The van der Waals surface area contributed by atoms with Crippen molar-refractivity contribution in [1.29, 1.82) is 0 Å². The average molecular weight is 468 g/mol. The topological polar surface area (TPSA) is 3.24 Å². The second-order valence-corrected chi connectivity index (χ2v) is 9.43. The van der Waals surface area contributed by atoms with Gasteiger partial charge in [0.15, 0.2) is 0 Å². The van der Waals surface area contributed by atoms with E-state index >= 15 is 0 Å². The lowest BCUT2D eigenvalue weighted by Crippen LogP contribution is -2.15. The van der Waals surface area contributed by atoms with Crippen LogP contribution in [0.2, 0.25) is 0 Å². The van der Waals surface area contributed by atoms with Crippen molar-refractivity contribution in [2.24, 2.45) is 0 Å². The number of hydrogen-bond donors (Lipinski definition) is 0. The Morgan fingerprint density at radius 2 is 1.58 bits per heavy atom. The smallest absolute Gasteiger partial charge is 0.0438 e. The number of rotatable bonds is 6. The summed E-state index contributed by atoms with van der Waals surface area (Å²) < 4.78 is 0. The zero-order valence-corrected chi connectivity index (χ0v) is 21.7. The molecule has 0 radical (unpaired) electrons. The molecule has 5 aromatic carbocycles. The largest absolute Gasteiger partial charge is 0.344 e. The second kappa shape index (κ2) is 9.87. The van der Waals surface area contributed by atoms with Crippen LogP contribution < -0.4 is 4.90 Å². The van der Waals surface area contributed by atoms with Crippen molar-refractivity contribution in [2.45, 2.75) is 27.2 Å². The van der Waals surface area contributed by atoms with E-state index in [0.717, 1.165) is 17.7 Å². The molecule has 0 atom stereocenters. The molecule has 0 saturated carbocycles. The summed E-state index contributed by atoms with van der Waals surface area (Å²) in [4.78, 5) is 2.19. The highest BCUT2D eigenvalue weighted by molar-refractivity contribution is 6.14. The quantitative estimate of drug-likeness (QED) is 0.225. The number of benzene rings is 5. The molecule has 36 heavy (non-hydrogen) atoms. The molecule has 1 heteroatoms. The van der Waals surface area contributed by atoms with E-state index < -0.39 is 0 Å². The van der Waals surface area contributed by atoms with Gasteiger partial charge in [0, 0.05) is 18.4 Å². The molecule has 5 aromatic rings. The molecule has 0 aromatic heterocycles. The normalized spacial score (nSPS) is 11.4. The Hall–Kier alpha value is -4.10. The maximum absolute atomic E-state index is 4.37. The molecule has 0 aliphatic heterocycles. The van der Waals surface area contributed by atoms with Crippen LogP contribution in [0.1, 0.15) is 36.1 Å². The van der Waals surface area contributed by atoms with Gasteiger partial charge in [-0.05, 0) is 93.4 Å². The van der Waals surface area contributed by atoms with Crippen LogP contribution >= 0.6 is 0 Å². The first-order chi connectivity index (χ1) is 17.5. The molecule has 0 aliphatic carbocycles. The van der Waals surface area contributed by atoms with Crippen LogP contribution in [0.15, 0.2) is 104 Å². The molecule has 178 valence electrons. The van der Waals surface area contributed by atoms with Gasteiger partial charge in [-0.15, -0.1) is 0 Å². The van der Waals surface area contributed by atoms with Crippen molar-refractivity contribution in [1.82, 2.24) is 0 Å². The minimum absolute atomic E-state index is 0.991. The maximum Gasteiger partial charge on any atom is 0.0438 e. The molecule has 0 unspecified atom stereocenters.